The number of aryl methyl sites for hydroxylation is 1. The zero-order chi connectivity index (χ0) is 17.1. The number of likely N-dealkylation sites (tertiary alicyclic amines) is 1. The number of piperidine rings is 1. The summed E-state index contributed by atoms with van der Waals surface area (Å²) in [5, 5.41) is 0. The number of aromatic nitrogens is 3. The summed E-state index contributed by atoms with van der Waals surface area (Å²) in [5.74, 6) is 1.72. The topological polar surface area (TPSA) is 54.3 Å². The van der Waals surface area contributed by atoms with E-state index in [2.05, 4.69) is 20.9 Å². The molecule has 0 aromatic carbocycles. The van der Waals surface area contributed by atoms with Crippen molar-refractivity contribution in [2.45, 2.75) is 19.4 Å². The summed E-state index contributed by atoms with van der Waals surface area (Å²) in [4.78, 5) is 25.7. The van der Waals surface area contributed by atoms with Crippen LogP contribution in [-0.4, -0.2) is 52.4 Å². The molecule has 0 aliphatic carbocycles. The smallest absolute Gasteiger partial charge is 0.202 e. The lowest BCUT2D eigenvalue weighted by Crippen LogP contribution is -2.38. The molecule has 1 fully saturated rings. The number of hydrogen-bond donors (Lipinski definition) is 0. The molecule has 24 heavy (non-hydrogen) atoms. The van der Waals surface area contributed by atoms with Crippen LogP contribution in [0.25, 0.3) is 0 Å². The van der Waals surface area contributed by atoms with Crippen molar-refractivity contribution < 1.29 is 4.79 Å². The fourth-order valence-electron chi connectivity index (χ4n) is 3.23. The number of carbonyl (C=O) groups is 1. The Hall–Kier alpha value is -2.21. The van der Waals surface area contributed by atoms with Crippen LogP contribution in [0.4, 0.5) is 5.82 Å². The molecular formula is C18H25N5O. The van der Waals surface area contributed by atoms with Crippen LogP contribution in [0.5, 0.6) is 0 Å². The first-order valence-corrected chi connectivity index (χ1v) is 8.40. The third-order valence-electron chi connectivity index (χ3n) is 4.59. The quantitative estimate of drug-likeness (QED) is 0.786. The molecule has 0 bridgehead atoms. The Morgan fingerprint density at radius 2 is 2.17 bits per heavy atom. The Morgan fingerprint density at radius 1 is 1.33 bits per heavy atom. The number of ketones is 1. The number of anilines is 1. The highest BCUT2D eigenvalue weighted by Gasteiger charge is 2.28. The van der Waals surface area contributed by atoms with Crippen molar-refractivity contribution in [3.8, 4) is 0 Å². The normalized spacial score (nSPS) is 18.5. The molecule has 0 N–H and O–H groups in total. The Balaban J connectivity index is 1.63. The summed E-state index contributed by atoms with van der Waals surface area (Å²) < 4.78 is 1.81. The lowest BCUT2D eigenvalue weighted by atomic mass is 9.93. The zero-order valence-corrected chi connectivity index (χ0v) is 14.6. The lowest BCUT2D eigenvalue weighted by Gasteiger charge is -2.31. The molecule has 0 radical (unpaired) electrons. The first-order valence-electron chi connectivity index (χ1n) is 8.40. The molecule has 128 valence electrons. The Labute approximate surface area is 143 Å². The van der Waals surface area contributed by atoms with Crippen LogP contribution in [0.1, 0.15) is 29.0 Å². The second-order valence-corrected chi connectivity index (χ2v) is 6.72. The van der Waals surface area contributed by atoms with Crippen molar-refractivity contribution >= 4 is 11.6 Å². The van der Waals surface area contributed by atoms with Crippen LogP contribution in [0.3, 0.4) is 0 Å². The zero-order valence-electron chi connectivity index (χ0n) is 14.6. The number of pyridine rings is 1. The Bertz CT molecular complexity index is 692. The molecular weight excluding hydrogens is 302 g/mol. The molecule has 2 aromatic rings. The van der Waals surface area contributed by atoms with Crippen LogP contribution < -0.4 is 4.90 Å². The fourth-order valence-corrected chi connectivity index (χ4v) is 3.23. The van der Waals surface area contributed by atoms with Crippen molar-refractivity contribution in [2.75, 3.05) is 32.1 Å². The van der Waals surface area contributed by atoms with E-state index in [4.69, 9.17) is 0 Å². The molecule has 1 saturated heterocycles. The van der Waals surface area contributed by atoms with Gasteiger partial charge in [0.15, 0.2) is 5.82 Å². The maximum atomic E-state index is 12.7. The standard InChI is InChI=1S/C18H25N5O/c1-21(2)16-7-6-14(11-20-16)12-23-9-4-5-15(13-23)17(24)18-19-8-10-22(18)3/h6-8,10-11,15H,4-5,9,12-13H2,1-3H3/t15-/m1/s1. The third kappa shape index (κ3) is 3.64. The molecule has 0 unspecified atom stereocenters. The van der Waals surface area contributed by atoms with E-state index in [1.54, 1.807) is 6.20 Å². The summed E-state index contributed by atoms with van der Waals surface area (Å²) in [6.07, 6.45) is 7.43. The number of imidazole rings is 1. The summed E-state index contributed by atoms with van der Waals surface area (Å²) >= 11 is 0. The van der Waals surface area contributed by atoms with Gasteiger partial charge in [0, 0.05) is 58.7 Å². The minimum Gasteiger partial charge on any atom is -0.363 e. The largest absolute Gasteiger partial charge is 0.363 e. The molecule has 0 amide bonds. The van der Waals surface area contributed by atoms with E-state index in [1.165, 1.54) is 5.56 Å². The van der Waals surface area contributed by atoms with Crippen molar-refractivity contribution in [3.63, 3.8) is 0 Å². The number of rotatable bonds is 5. The Morgan fingerprint density at radius 3 is 2.79 bits per heavy atom. The first-order chi connectivity index (χ1) is 11.5. The molecule has 1 atom stereocenters. The van der Waals surface area contributed by atoms with Gasteiger partial charge in [0.05, 0.1) is 0 Å². The average molecular weight is 327 g/mol. The van der Waals surface area contributed by atoms with Crippen LogP contribution in [0, 0.1) is 5.92 Å². The van der Waals surface area contributed by atoms with E-state index in [0.29, 0.717) is 5.82 Å². The predicted octanol–water partition coefficient (Wildman–Crippen LogP) is 1.98. The van der Waals surface area contributed by atoms with Gasteiger partial charge in [0.2, 0.25) is 5.78 Å². The van der Waals surface area contributed by atoms with Crippen molar-refractivity contribution in [2.24, 2.45) is 13.0 Å². The second-order valence-electron chi connectivity index (χ2n) is 6.72. The van der Waals surface area contributed by atoms with Gasteiger partial charge in [0.25, 0.3) is 0 Å². The average Bonchev–Trinajstić information content (AvgIpc) is 3.01. The van der Waals surface area contributed by atoms with Gasteiger partial charge in [0.1, 0.15) is 5.82 Å². The highest BCUT2D eigenvalue weighted by atomic mass is 16.1. The van der Waals surface area contributed by atoms with Crippen LogP contribution >= 0.6 is 0 Å². The minimum atomic E-state index is 0.0360. The van der Waals surface area contributed by atoms with E-state index in [9.17, 15) is 4.79 Å². The second kappa shape index (κ2) is 7.13. The molecule has 2 aromatic heterocycles. The summed E-state index contributed by atoms with van der Waals surface area (Å²) in [6, 6.07) is 4.16. The van der Waals surface area contributed by atoms with Crippen molar-refractivity contribution in [1.29, 1.82) is 0 Å². The molecule has 0 spiro atoms. The molecule has 6 heteroatoms. The van der Waals surface area contributed by atoms with E-state index >= 15 is 0 Å². The maximum Gasteiger partial charge on any atom is 0.202 e. The van der Waals surface area contributed by atoms with Gasteiger partial charge in [-0.1, -0.05) is 6.07 Å². The number of carbonyl (C=O) groups excluding carboxylic acids is 1. The monoisotopic (exact) mass is 327 g/mol. The first kappa shape index (κ1) is 16.6. The minimum absolute atomic E-state index is 0.0360. The van der Waals surface area contributed by atoms with E-state index in [1.807, 2.05) is 49.1 Å². The summed E-state index contributed by atoms with van der Waals surface area (Å²) in [7, 11) is 5.85. The van der Waals surface area contributed by atoms with Crippen LogP contribution in [-0.2, 0) is 13.6 Å². The molecule has 3 heterocycles. The predicted molar refractivity (Wildman–Crippen MR) is 94.1 cm³/mol. The SMILES string of the molecule is CN(C)c1ccc(CN2CCC[C@@H](C(=O)c3nccn3C)C2)cn1. The summed E-state index contributed by atoms with van der Waals surface area (Å²) in [6.45, 7) is 2.66. The van der Waals surface area contributed by atoms with Crippen molar-refractivity contribution in [1.82, 2.24) is 19.4 Å². The van der Waals surface area contributed by atoms with Gasteiger partial charge in [-0.3, -0.25) is 9.69 Å². The number of nitrogens with zero attached hydrogens (tertiary/aromatic N) is 5. The summed E-state index contributed by atoms with van der Waals surface area (Å²) in [5.41, 5.74) is 1.19. The van der Waals surface area contributed by atoms with Gasteiger partial charge in [-0.2, -0.15) is 0 Å². The van der Waals surface area contributed by atoms with Gasteiger partial charge >= 0.3 is 0 Å². The van der Waals surface area contributed by atoms with Crippen LogP contribution in [0.2, 0.25) is 0 Å². The third-order valence-corrected chi connectivity index (χ3v) is 4.59. The molecule has 1 aliphatic heterocycles. The highest BCUT2D eigenvalue weighted by Crippen LogP contribution is 2.22. The molecule has 3 rings (SSSR count). The number of hydrogen-bond acceptors (Lipinski definition) is 5. The highest BCUT2D eigenvalue weighted by molar-refractivity contribution is 5.94. The Kier molecular flexibility index (Phi) is 4.94. The van der Waals surface area contributed by atoms with Crippen molar-refractivity contribution in [3.05, 3.63) is 42.1 Å². The van der Waals surface area contributed by atoms with E-state index in [0.717, 1.165) is 38.3 Å². The molecule has 1 aliphatic rings. The van der Waals surface area contributed by atoms with Gasteiger partial charge in [-0.05, 0) is 31.0 Å². The van der Waals surface area contributed by atoms with Gasteiger partial charge < -0.3 is 9.47 Å². The van der Waals surface area contributed by atoms with Crippen LogP contribution in [0.15, 0.2) is 30.7 Å². The number of Topliss-reactive ketones (excluding diaryl/α,β-unsaturated/α-hetero) is 1. The van der Waals surface area contributed by atoms with E-state index in [-0.39, 0.29) is 11.7 Å². The molecule has 0 saturated carbocycles. The van der Waals surface area contributed by atoms with Gasteiger partial charge in [-0.25, -0.2) is 9.97 Å². The van der Waals surface area contributed by atoms with E-state index < -0.39 is 0 Å². The fraction of sp³-hybridized carbons (Fsp3) is 0.500. The maximum absolute atomic E-state index is 12.7. The van der Waals surface area contributed by atoms with Gasteiger partial charge in [-0.15, -0.1) is 0 Å². The molecule has 6 nitrogen and oxygen atoms in total. The lowest BCUT2D eigenvalue weighted by molar-refractivity contribution is 0.0797.